The number of carboxylic acid groups (broad SMARTS) is 1. The number of aliphatic carboxylic acids is 1. The van der Waals surface area contributed by atoms with Gasteiger partial charge in [0.25, 0.3) is 5.91 Å². The molecule has 1 aliphatic rings. The molecule has 1 fully saturated rings. The van der Waals surface area contributed by atoms with Crippen molar-refractivity contribution in [2.45, 2.75) is 44.9 Å². The lowest BCUT2D eigenvalue weighted by molar-refractivity contribution is -0.138. The maximum atomic E-state index is 13.4. The van der Waals surface area contributed by atoms with E-state index in [-0.39, 0.29) is 56.5 Å². The number of hydrogen-bond acceptors (Lipinski definition) is 9. The van der Waals surface area contributed by atoms with Crippen molar-refractivity contribution in [3.05, 3.63) is 42.1 Å². The van der Waals surface area contributed by atoms with Gasteiger partial charge in [-0.15, -0.1) is 0 Å². The minimum Gasteiger partial charge on any atom is -0.481 e. The van der Waals surface area contributed by atoms with Crippen molar-refractivity contribution in [1.29, 1.82) is 0 Å². The SMILES string of the molecule is CCOC(=O)N1CCN(C(=O)C(CCC(=O)O)NC(=O)c2cc(NS(=O)(=O)C(C)C)nc(-c3ccccc3)n2)CC1. The normalized spacial score (nSPS) is 14.3. The Balaban J connectivity index is 1.86. The van der Waals surface area contributed by atoms with E-state index >= 15 is 0 Å². The highest BCUT2D eigenvalue weighted by atomic mass is 32.2. The van der Waals surface area contributed by atoms with E-state index in [1.165, 1.54) is 23.6 Å². The Labute approximate surface area is 238 Å². The van der Waals surface area contributed by atoms with Crippen LogP contribution in [-0.2, 0) is 24.3 Å². The van der Waals surface area contributed by atoms with Gasteiger partial charge in [-0.25, -0.2) is 23.2 Å². The zero-order valence-electron chi connectivity index (χ0n) is 23.1. The average Bonchev–Trinajstić information content (AvgIpc) is 2.94. The van der Waals surface area contributed by atoms with Gasteiger partial charge in [0, 0.05) is 44.2 Å². The van der Waals surface area contributed by atoms with Crippen LogP contribution in [0.25, 0.3) is 11.4 Å². The summed E-state index contributed by atoms with van der Waals surface area (Å²) in [5.41, 5.74) is 0.297. The van der Waals surface area contributed by atoms with Gasteiger partial charge in [0.15, 0.2) is 5.82 Å². The molecule has 41 heavy (non-hydrogen) atoms. The van der Waals surface area contributed by atoms with Crippen molar-refractivity contribution in [2.24, 2.45) is 0 Å². The van der Waals surface area contributed by atoms with Gasteiger partial charge in [0.1, 0.15) is 17.6 Å². The Kier molecular flexibility index (Phi) is 10.6. The fourth-order valence-corrected chi connectivity index (χ4v) is 4.53. The van der Waals surface area contributed by atoms with E-state index in [9.17, 15) is 32.7 Å². The summed E-state index contributed by atoms with van der Waals surface area (Å²) < 4.78 is 32.4. The molecule has 1 atom stereocenters. The van der Waals surface area contributed by atoms with Crippen LogP contribution in [0, 0.1) is 0 Å². The number of amides is 3. The maximum absolute atomic E-state index is 13.4. The molecule has 0 radical (unpaired) electrons. The smallest absolute Gasteiger partial charge is 0.409 e. The monoisotopic (exact) mass is 590 g/mol. The van der Waals surface area contributed by atoms with Crippen LogP contribution in [0.2, 0.25) is 0 Å². The van der Waals surface area contributed by atoms with Crippen LogP contribution in [0.4, 0.5) is 10.6 Å². The molecule has 1 aliphatic heterocycles. The first-order valence-electron chi connectivity index (χ1n) is 13.1. The highest BCUT2D eigenvalue weighted by molar-refractivity contribution is 7.93. The summed E-state index contributed by atoms with van der Waals surface area (Å²) in [5.74, 6) is -2.54. The van der Waals surface area contributed by atoms with Gasteiger partial charge in [-0.3, -0.25) is 19.1 Å². The molecule has 0 bridgehead atoms. The molecule has 222 valence electrons. The van der Waals surface area contributed by atoms with Crippen molar-refractivity contribution in [3.8, 4) is 11.4 Å². The number of piperazine rings is 1. The zero-order valence-corrected chi connectivity index (χ0v) is 23.9. The van der Waals surface area contributed by atoms with Gasteiger partial charge in [0.05, 0.1) is 11.9 Å². The number of ether oxygens (including phenoxy) is 1. The zero-order chi connectivity index (χ0) is 30.2. The second kappa shape index (κ2) is 13.9. The molecule has 3 N–H and O–H groups in total. The number of carbonyl (C=O) groups excluding carboxylic acids is 3. The van der Waals surface area contributed by atoms with Crippen LogP contribution in [-0.4, -0.2) is 101 Å². The Morgan fingerprint density at radius 2 is 1.66 bits per heavy atom. The van der Waals surface area contributed by atoms with Crippen molar-refractivity contribution >= 4 is 39.7 Å². The Morgan fingerprint density at radius 3 is 2.24 bits per heavy atom. The highest BCUT2D eigenvalue weighted by Gasteiger charge is 2.31. The molecule has 1 unspecified atom stereocenters. The number of nitrogens with zero attached hydrogens (tertiary/aromatic N) is 4. The third kappa shape index (κ3) is 8.61. The van der Waals surface area contributed by atoms with Crippen molar-refractivity contribution in [1.82, 2.24) is 25.1 Å². The Bertz CT molecular complexity index is 1360. The minimum atomic E-state index is -3.81. The molecule has 0 spiro atoms. The molecular weight excluding hydrogens is 556 g/mol. The van der Waals surface area contributed by atoms with Crippen molar-refractivity contribution < 1.29 is 37.4 Å². The Hall–Kier alpha value is -4.27. The molecule has 15 heteroatoms. The molecule has 3 amide bonds. The summed E-state index contributed by atoms with van der Waals surface area (Å²) in [6.07, 6.45) is -1.07. The number of anilines is 1. The van der Waals surface area contributed by atoms with Crippen molar-refractivity contribution in [2.75, 3.05) is 37.5 Å². The first-order valence-corrected chi connectivity index (χ1v) is 14.6. The van der Waals surface area contributed by atoms with Crippen LogP contribution in [0.5, 0.6) is 0 Å². The summed E-state index contributed by atoms with van der Waals surface area (Å²) >= 11 is 0. The van der Waals surface area contributed by atoms with Gasteiger partial charge < -0.3 is 25.0 Å². The average molecular weight is 591 g/mol. The highest BCUT2D eigenvalue weighted by Crippen LogP contribution is 2.20. The van der Waals surface area contributed by atoms with Gasteiger partial charge in [-0.1, -0.05) is 30.3 Å². The summed E-state index contributed by atoms with van der Waals surface area (Å²) in [5, 5.41) is 11.0. The number of carboxylic acids is 1. The number of hydrogen-bond donors (Lipinski definition) is 3. The van der Waals surface area contributed by atoms with Crippen LogP contribution in [0.3, 0.4) is 0 Å². The lowest BCUT2D eigenvalue weighted by atomic mass is 10.1. The molecule has 1 aromatic carbocycles. The molecule has 1 saturated heterocycles. The van der Waals surface area contributed by atoms with E-state index in [1.807, 2.05) is 0 Å². The molecule has 0 aliphatic carbocycles. The van der Waals surface area contributed by atoms with Gasteiger partial charge >= 0.3 is 12.1 Å². The third-order valence-electron chi connectivity index (χ3n) is 6.23. The van der Waals surface area contributed by atoms with E-state index in [4.69, 9.17) is 4.74 Å². The molecular formula is C26H34N6O8S. The van der Waals surface area contributed by atoms with Gasteiger partial charge in [-0.2, -0.15) is 0 Å². The van der Waals surface area contributed by atoms with E-state index in [0.717, 1.165) is 6.07 Å². The van der Waals surface area contributed by atoms with Crippen LogP contribution >= 0.6 is 0 Å². The standard InChI is InChI=1S/C26H34N6O8S/c1-4-40-26(37)32-14-12-31(13-15-32)25(36)19(10-11-22(33)34)28-24(35)20-16-21(30-41(38,39)17(2)3)29-23(27-20)18-8-6-5-7-9-18/h5-9,16-17,19H,4,10-15H2,1-3H3,(H,28,35)(H,33,34)(H,27,29,30). The van der Waals surface area contributed by atoms with Gasteiger partial charge in [-0.05, 0) is 27.2 Å². The molecule has 3 rings (SSSR count). The first-order chi connectivity index (χ1) is 19.4. The maximum Gasteiger partial charge on any atom is 0.409 e. The summed E-state index contributed by atoms with van der Waals surface area (Å²) in [7, 11) is -3.81. The quantitative estimate of drug-likeness (QED) is 0.346. The van der Waals surface area contributed by atoms with Crippen LogP contribution < -0.4 is 10.0 Å². The fourth-order valence-electron chi connectivity index (χ4n) is 3.90. The number of nitrogens with one attached hydrogen (secondary N) is 2. The molecule has 14 nitrogen and oxygen atoms in total. The summed E-state index contributed by atoms with van der Waals surface area (Å²) in [6.45, 7) is 5.66. The topological polar surface area (TPSA) is 188 Å². The number of sulfonamides is 1. The van der Waals surface area contributed by atoms with E-state index < -0.39 is 51.6 Å². The first kappa shape index (κ1) is 31.3. The number of benzene rings is 1. The lowest BCUT2D eigenvalue weighted by Gasteiger charge is -2.35. The summed E-state index contributed by atoms with van der Waals surface area (Å²) in [6, 6.07) is 8.54. The van der Waals surface area contributed by atoms with E-state index in [0.29, 0.717) is 5.56 Å². The van der Waals surface area contributed by atoms with Crippen LogP contribution in [0.15, 0.2) is 36.4 Å². The molecule has 2 heterocycles. The second-order valence-electron chi connectivity index (χ2n) is 9.49. The van der Waals surface area contributed by atoms with Crippen LogP contribution in [0.1, 0.15) is 44.1 Å². The number of rotatable bonds is 11. The number of carbonyl (C=O) groups is 4. The molecule has 1 aromatic heterocycles. The number of aromatic nitrogens is 2. The third-order valence-corrected chi connectivity index (χ3v) is 7.96. The Morgan fingerprint density at radius 1 is 1.02 bits per heavy atom. The summed E-state index contributed by atoms with van der Waals surface area (Å²) in [4.78, 5) is 61.5. The lowest BCUT2D eigenvalue weighted by Crippen LogP contribution is -2.56. The molecule has 2 aromatic rings. The van der Waals surface area contributed by atoms with Crippen molar-refractivity contribution in [3.63, 3.8) is 0 Å². The predicted molar refractivity (Wildman–Crippen MR) is 148 cm³/mol. The minimum absolute atomic E-state index is 0.0724. The second-order valence-corrected chi connectivity index (χ2v) is 11.7. The van der Waals surface area contributed by atoms with E-state index in [2.05, 4.69) is 20.0 Å². The largest absolute Gasteiger partial charge is 0.481 e. The fraction of sp³-hybridized carbons (Fsp3) is 0.462. The molecule has 0 saturated carbocycles. The van der Waals surface area contributed by atoms with Gasteiger partial charge in [0.2, 0.25) is 15.9 Å². The van der Waals surface area contributed by atoms with E-state index in [1.54, 1.807) is 37.3 Å². The predicted octanol–water partition coefficient (Wildman–Crippen LogP) is 1.56.